The lowest BCUT2D eigenvalue weighted by Crippen LogP contribution is -2.42. The van der Waals surface area contributed by atoms with Gasteiger partial charge in [0, 0.05) is 18.2 Å². The van der Waals surface area contributed by atoms with Gasteiger partial charge in [-0.3, -0.25) is 10.2 Å². The van der Waals surface area contributed by atoms with Gasteiger partial charge in [-0.1, -0.05) is 12.1 Å². The number of nitrogens with one attached hydrogen (secondary N) is 1. The third-order valence-corrected chi connectivity index (χ3v) is 3.95. The normalized spacial score (nSPS) is 10.8. The van der Waals surface area contributed by atoms with Crippen LogP contribution in [0.1, 0.15) is 43.6 Å². The molecule has 0 saturated carbocycles. The summed E-state index contributed by atoms with van der Waals surface area (Å²) in [6.07, 6.45) is 0. The van der Waals surface area contributed by atoms with Crippen molar-refractivity contribution in [3.8, 4) is 17.2 Å². The fourth-order valence-corrected chi connectivity index (χ4v) is 2.87. The summed E-state index contributed by atoms with van der Waals surface area (Å²) in [6, 6.07) is 11.6. The number of amidine groups is 1. The largest absolute Gasteiger partial charge is 0.507 e. The summed E-state index contributed by atoms with van der Waals surface area (Å²) in [5.74, 6) is 0.265. The molecule has 0 unspecified atom stereocenters. The highest BCUT2D eigenvalue weighted by Gasteiger charge is 2.24. The summed E-state index contributed by atoms with van der Waals surface area (Å²) in [6.45, 7) is 7.89. The molecule has 0 bridgehead atoms. The lowest BCUT2D eigenvalue weighted by molar-refractivity contribution is 0.0641. The van der Waals surface area contributed by atoms with Gasteiger partial charge in [0.25, 0.3) is 5.91 Å². The van der Waals surface area contributed by atoms with Crippen LogP contribution in [0, 0.1) is 5.41 Å². The van der Waals surface area contributed by atoms with Gasteiger partial charge in [-0.15, -0.1) is 0 Å². The van der Waals surface area contributed by atoms with E-state index in [9.17, 15) is 9.90 Å². The first-order valence-corrected chi connectivity index (χ1v) is 8.49. The van der Waals surface area contributed by atoms with E-state index in [0.717, 1.165) is 0 Å². The maximum absolute atomic E-state index is 13.0. The molecule has 2 aromatic carbocycles. The predicted molar refractivity (Wildman–Crippen MR) is 102 cm³/mol. The number of rotatable bonds is 6. The smallest absolute Gasteiger partial charge is 0.258 e. The third-order valence-electron chi connectivity index (χ3n) is 3.95. The van der Waals surface area contributed by atoms with Crippen molar-refractivity contribution in [2.75, 3.05) is 0 Å². The minimum Gasteiger partial charge on any atom is -0.507 e. The topological polar surface area (TPSA) is 99.6 Å². The average molecular weight is 355 g/mol. The number of para-hydroxylation sites is 1. The molecule has 0 radical (unpaired) electrons. The number of nitrogen functional groups attached to an aromatic ring is 1. The Kier molecular flexibility index (Phi) is 5.87. The lowest BCUT2D eigenvalue weighted by atomic mass is 10.1. The molecule has 6 nitrogen and oxygen atoms in total. The van der Waals surface area contributed by atoms with Gasteiger partial charge in [-0.05, 0) is 52.0 Å². The maximum Gasteiger partial charge on any atom is 0.258 e. The number of ether oxygens (including phenoxy) is 1. The molecule has 0 aliphatic heterocycles. The summed E-state index contributed by atoms with van der Waals surface area (Å²) in [5, 5.41) is 17.4. The maximum atomic E-state index is 13.0. The van der Waals surface area contributed by atoms with Gasteiger partial charge in [0.05, 0.1) is 11.1 Å². The van der Waals surface area contributed by atoms with E-state index < -0.39 is 0 Å². The van der Waals surface area contributed by atoms with E-state index >= 15 is 0 Å². The number of nitrogens with zero attached hydrogens (tertiary/aromatic N) is 1. The van der Waals surface area contributed by atoms with Crippen LogP contribution in [0.25, 0.3) is 0 Å². The molecule has 0 spiro atoms. The number of carbonyl (C=O) groups is 1. The predicted octanol–water partition coefficient (Wildman–Crippen LogP) is 3.73. The molecule has 0 heterocycles. The number of amides is 1. The summed E-state index contributed by atoms with van der Waals surface area (Å²) < 4.78 is 5.84. The van der Waals surface area contributed by atoms with Gasteiger partial charge in [0.15, 0.2) is 0 Å². The second kappa shape index (κ2) is 7.91. The first-order valence-electron chi connectivity index (χ1n) is 8.49. The number of phenols is 1. The van der Waals surface area contributed by atoms with E-state index in [0.29, 0.717) is 17.1 Å². The van der Waals surface area contributed by atoms with Crippen LogP contribution in [-0.4, -0.2) is 33.8 Å². The number of nitrogens with two attached hydrogens (primary N) is 1. The minimum atomic E-state index is -0.228. The van der Waals surface area contributed by atoms with Crippen LogP contribution in [0.2, 0.25) is 0 Å². The fourth-order valence-electron chi connectivity index (χ4n) is 2.87. The summed E-state index contributed by atoms with van der Waals surface area (Å²) >= 11 is 0. The molecule has 26 heavy (non-hydrogen) atoms. The second-order valence-corrected chi connectivity index (χ2v) is 6.59. The Morgan fingerprint density at radius 3 is 2.23 bits per heavy atom. The highest BCUT2D eigenvalue weighted by Crippen LogP contribution is 2.30. The highest BCUT2D eigenvalue weighted by molar-refractivity contribution is 5.98. The number of carbonyl (C=O) groups excluding carboxylic acids is 1. The van der Waals surface area contributed by atoms with E-state index in [2.05, 4.69) is 0 Å². The summed E-state index contributed by atoms with van der Waals surface area (Å²) in [7, 11) is 0. The molecule has 1 amide bonds. The van der Waals surface area contributed by atoms with Crippen molar-refractivity contribution in [3.63, 3.8) is 0 Å². The molecule has 0 fully saturated rings. The van der Waals surface area contributed by atoms with Gasteiger partial charge in [0.2, 0.25) is 0 Å². The molecule has 6 heteroatoms. The quantitative estimate of drug-likeness (QED) is 0.543. The summed E-state index contributed by atoms with van der Waals surface area (Å²) in [4.78, 5) is 14.8. The van der Waals surface area contributed by atoms with Crippen LogP contribution in [0.15, 0.2) is 42.5 Å². The Morgan fingerprint density at radius 1 is 1.08 bits per heavy atom. The van der Waals surface area contributed by atoms with Crippen molar-refractivity contribution in [3.05, 3.63) is 53.6 Å². The van der Waals surface area contributed by atoms with Crippen LogP contribution in [0.3, 0.4) is 0 Å². The molecule has 0 aliphatic rings. The van der Waals surface area contributed by atoms with E-state index in [4.69, 9.17) is 15.9 Å². The first kappa shape index (κ1) is 19.3. The first-order chi connectivity index (χ1) is 12.2. The molecule has 0 aliphatic carbocycles. The van der Waals surface area contributed by atoms with Crippen LogP contribution in [0.5, 0.6) is 17.2 Å². The number of aromatic hydroxyl groups is 1. The zero-order valence-corrected chi connectivity index (χ0v) is 15.5. The van der Waals surface area contributed by atoms with Crippen LogP contribution >= 0.6 is 0 Å². The SMILES string of the molecule is CC(C)N(C(=O)c1ccccc1Oc1ccc(C(=N)N)c(O)c1)C(C)C. The Hall–Kier alpha value is -3.02. The average Bonchev–Trinajstić information content (AvgIpc) is 2.54. The van der Waals surface area contributed by atoms with Crippen molar-refractivity contribution in [1.82, 2.24) is 4.90 Å². The molecule has 0 saturated heterocycles. The number of phenolic OH excluding ortho intramolecular Hbond substituents is 1. The van der Waals surface area contributed by atoms with Crippen LogP contribution in [0.4, 0.5) is 0 Å². The molecule has 2 rings (SSSR count). The Balaban J connectivity index is 2.36. The molecule has 0 atom stereocenters. The van der Waals surface area contributed by atoms with Crippen molar-refractivity contribution in [2.45, 2.75) is 39.8 Å². The minimum absolute atomic E-state index is 0.0504. The van der Waals surface area contributed by atoms with Crippen molar-refractivity contribution in [1.29, 1.82) is 5.41 Å². The Labute approximate surface area is 153 Å². The summed E-state index contributed by atoms with van der Waals surface area (Å²) in [5.41, 5.74) is 6.08. The van der Waals surface area contributed by atoms with Crippen LogP contribution in [-0.2, 0) is 0 Å². The van der Waals surface area contributed by atoms with Crippen LogP contribution < -0.4 is 10.5 Å². The molecule has 138 valence electrons. The lowest BCUT2D eigenvalue weighted by Gasteiger charge is -2.31. The van der Waals surface area contributed by atoms with Gasteiger partial charge in [-0.25, -0.2) is 0 Å². The standard InChI is InChI=1S/C20H25N3O3/c1-12(2)23(13(3)4)20(25)16-7-5-6-8-18(16)26-14-9-10-15(19(21)22)17(24)11-14/h5-13,24H,1-4H3,(H3,21,22). The fraction of sp³-hybridized carbons (Fsp3) is 0.300. The molecular weight excluding hydrogens is 330 g/mol. The third kappa shape index (κ3) is 4.14. The van der Waals surface area contributed by atoms with Gasteiger partial charge in [-0.2, -0.15) is 0 Å². The monoisotopic (exact) mass is 355 g/mol. The Morgan fingerprint density at radius 2 is 1.69 bits per heavy atom. The van der Waals surface area contributed by atoms with Gasteiger partial charge >= 0.3 is 0 Å². The zero-order valence-electron chi connectivity index (χ0n) is 15.5. The second-order valence-electron chi connectivity index (χ2n) is 6.59. The van der Waals surface area contributed by atoms with Gasteiger partial charge in [0.1, 0.15) is 23.1 Å². The van der Waals surface area contributed by atoms with E-state index in [-0.39, 0.29) is 35.1 Å². The van der Waals surface area contributed by atoms with Crippen molar-refractivity contribution >= 4 is 11.7 Å². The van der Waals surface area contributed by atoms with E-state index in [1.54, 1.807) is 35.2 Å². The number of hydrogen-bond acceptors (Lipinski definition) is 4. The van der Waals surface area contributed by atoms with Crippen molar-refractivity contribution in [2.24, 2.45) is 5.73 Å². The molecule has 0 aromatic heterocycles. The number of benzene rings is 2. The Bertz CT molecular complexity index is 808. The molecular formula is C20H25N3O3. The van der Waals surface area contributed by atoms with Gasteiger partial charge < -0.3 is 20.5 Å². The van der Waals surface area contributed by atoms with E-state index in [1.807, 2.05) is 27.7 Å². The zero-order chi connectivity index (χ0) is 19.4. The van der Waals surface area contributed by atoms with E-state index in [1.165, 1.54) is 12.1 Å². The molecule has 2 aromatic rings. The molecule has 4 N–H and O–H groups in total. The highest BCUT2D eigenvalue weighted by atomic mass is 16.5. The van der Waals surface area contributed by atoms with Crippen molar-refractivity contribution < 1.29 is 14.6 Å². The number of hydrogen-bond donors (Lipinski definition) is 3.